The van der Waals surface area contributed by atoms with Crippen molar-refractivity contribution in [2.45, 2.75) is 26.1 Å². The molecule has 0 saturated carbocycles. The summed E-state index contributed by atoms with van der Waals surface area (Å²) in [6.07, 6.45) is 3.34. The number of nitrogens with zero attached hydrogens (tertiary/aromatic N) is 7. The van der Waals surface area contributed by atoms with Gasteiger partial charge in [0, 0.05) is 17.1 Å². The summed E-state index contributed by atoms with van der Waals surface area (Å²) in [5, 5.41) is 19.8. The highest BCUT2D eigenvalue weighted by Crippen LogP contribution is 2.36. The molecule has 3 heterocycles. The van der Waals surface area contributed by atoms with Crippen molar-refractivity contribution in [3.63, 3.8) is 0 Å². The molecule has 0 fully saturated rings. The molecule has 2 amide bonds. The number of aromatic nitrogens is 6. The maximum atomic E-state index is 13.9. The SMILES string of the molecule is COc1ccc(/C=C2\CN(C(=O)Cn3cnnn3)Cc3c(C(=O)N[C@H](C)c4ccccc4)nn(-c4ccc(Cl)cc4Cl)c32)cc1. The van der Waals surface area contributed by atoms with Crippen LogP contribution in [0.15, 0.2) is 79.1 Å². The fourth-order valence-corrected chi connectivity index (χ4v) is 5.73. The molecule has 0 radical (unpaired) electrons. The number of fused-ring (bicyclic) bond motifs is 1. The molecule has 1 aliphatic heterocycles. The Labute approximate surface area is 269 Å². The molecule has 0 unspecified atom stereocenters. The lowest BCUT2D eigenvalue weighted by Gasteiger charge is -2.30. The minimum Gasteiger partial charge on any atom is -0.497 e. The van der Waals surface area contributed by atoms with Gasteiger partial charge in [0.05, 0.1) is 36.1 Å². The third-order valence-electron chi connectivity index (χ3n) is 7.50. The van der Waals surface area contributed by atoms with Crippen molar-refractivity contribution in [1.82, 2.24) is 40.2 Å². The lowest BCUT2D eigenvalue weighted by atomic mass is 9.97. The number of benzene rings is 3. The standard InChI is InChI=1S/C32H28Cl2N8O3/c1-20(22-6-4-3-5-7-22)36-32(44)30-26-17-40(29(43)18-41-19-35-38-39-41)16-23(14-21-8-11-25(45-2)12-9-21)31(26)42(37-30)28-13-10-24(33)15-27(28)34/h3-15,19-20H,16-18H2,1-2H3,(H,36,44)/b23-14+/t20-/m1/s1. The number of halogens is 2. The number of methoxy groups -OCH3 is 1. The summed E-state index contributed by atoms with van der Waals surface area (Å²) in [6.45, 7) is 2.20. The molecule has 0 saturated heterocycles. The second kappa shape index (κ2) is 12.9. The van der Waals surface area contributed by atoms with Crippen LogP contribution in [0.1, 0.15) is 45.8 Å². The Hall–Kier alpha value is -5.00. The Morgan fingerprint density at radius 1 is 1.04 bits per heavy atom. The first kappa shape index (κ1) is 30.0. The van der Waals surface area contributed by atoms with Crippen LogP contribution in [0.4, 0.5) is 0 Å². The van der Waals surface area contributed by atoms with E-state index in [1.807, 2.05) is 67.6 Å². The molecule has 1 atom stereocenters. The van der Waals surface area contributed by atoms with Gasteiger partial charge in [0.25, 0.3) is 5.91 Å². The first-order chi connectivity index (χ1) is 21.8. The first-order valence-electron chi connectivity index (χ1n) is 14.1. The zero-order valence-electron chi connectivity index (χ0n) is 24.4. The lowest BCUT2D eigenvalue weighted by Crippen LogP contribution is -2.38. The predicted octanol–water partition coefficient (Wildman–Crippen LogP) is 5.25. The minimum atomic E-state index is -0.384. The van der Waals surface area contributed by atoms with Crippen LogP contribution in [0.25, 0.3) is 17.3 Å². The van der Waals surface area contributed by atoms with E-state index in [2.05, 4.69) is 20.8 Å². The van der Waals surface area contributed by atoms with Gasteiger partial charge in [-0.05, 0) is 70.5 Å². The number of hydrogen-bond donors (Lipinski definition) is 1. The van der Waals surface area contributed by atoms with Gasteiger partial charge in [0.1, 0.15) is 18.6 Å². The summed E-state index contributed by atoms with van der Waals surface area (Å²) in [5.74, 6) is 0.101. The van der Waals surface area contributed by atoms with Crippen molar-refractivity contribution in [2.75, 3.05) is 13.7 Å². The summed E-state index contributed by atoms with van der Waals surface area (Å²) >= 11 is 12.9. The van der Waals surface area contributed by atoms with Crippen LogP contribution in [-0.4, -0.2) is 60.4 Å². The van der Waals surface area contributed by atoms with E-state index in [0.717, 1.165) is 16.7 Å². The van der Waals surface area contributed by atoms with Crippen molar-refractivity contribution in [3.05, 3.63) is 117 Å². The number of ether oxygens (including phenoxy) is 1. The Bertz CT molecular complexity index is 1870. The molecular weight excluding hydrogens is 615 g/mol. The number of hydrogen-bond acceptors (Lipinski definition) is 7. The third-order valence-corrected chi connectivity index (χ3v) is 8.03. The van der Waals surface area contributed by atoms with Gasteiger partial charge in [-0.1, -0.05) is 65.7 Å². The van der Waals surface area contributed by atoms with Gasteiger partial charge in [-0.25, -0.2) is 9.36 Å². The molecular formula is C32H28Cl2N8O3. The van der Waals surface area contributed by atoms with Gasteiger partial charge in [-0.15, -0.1) is 5.10 Å². The van der Waals surface area contributed by atoms with Crippen molar-refractivity contribution < 1.29 is 14.3 Å². The fourth-order valence-electron chi connectivity index (χ4n) is 5.24. The van der Waals surface area contributed by atoms with Crippen molar-refractivity contribution in [1.29, 1.82) is 0 Å². The molecule has 1 aliphatic rings. The molecule has 5 aromatic rings. The monoisotopic (exact) mass is 642 g/mol. The first-order valence-corrected chi connectivity index (χ1v) is 14.8. The number of carbonyl (C=O) groups is 2. The number of rotatable bonds is 8. The minimum absolute atomic E-state index is 0.0676. The molecule has 0 bridgehead atoms. The Balaban J connectivity index is 1.49. The predicted molar refractivity (Wildman–Crippen MR) is 170 cm³/mol. The van der Waals surface area contributed by atoms with Crippen LogP contribution >= 0.6 is 23.2 Å². The van der Waals surface area contributed by atoms with Gasteiger partial charge in [-0.3, -0.25) is 9.59 Å². The maximum Gasteiger partial charge on any atom is 0.272 e. The van der Waals surface area contributed by atoms with E-state index < -0.39 is 0 Å². The van der Waals surface area contributed by atoms with Crippen LogP contribution in [0.3, 0.4) is 0 Å². The zero-order chi connectivity index (χ0) is 31.5. The van der Waals surface area contributed by atoms with Gasteiger partial charge >= 0.3 is 0 Å². The van der Waals surface area contributed by atoms with Crippen LogP contribution in [-0.2, 0) is 17.9 Å². The largest absolute Gasteiger partial charge is 0.497 e. The fraction of sp³-hybridized carbons (Fsp3) is 0.188. The number of tetrazole rings is 1. The number of amides is 2. The number of carbonyl (C=O) groups excluding carboxylic acids is 2. The van der Waals surface area contributed by atoms with Crippen molar-refractivity contribution in [3.8, 4) is 11.4 Å². The van der Waals surface area contributed by atoms with E-state index in [1.54, 1.807) is 34.9 Å². The third kappa shape index (κ3) is 6.45. The Morgan fingerprint density at radius 3 is 2.51 bits per heavy atom. The van der Waals surface area contributed by atoms with E-state index in [9.17, 15) is 9.59 Å². The summed E-state index contributed by atoms with van der Waals surface area (Å²) in [4.78, 5) is 29.2. The maximum absolute atomic E-state index is 13.9. The molecule has 2 aromatic heterocycles. The van der Waals surface area contributed by atoms with E-state index >= 15 is 0 Å². The highest BCUT2D eigenvalue weighted by atomic mass is 35.5. The van der Waals surface area contributed by atoms with Gasteiger partial charge in [-0.2, -0.15) is 5.10 Å². The average Bonchev–Trinajstić information content (AvgIpc) is 3.70. The molecule has 11 nitrogen and oxygen atoms in total. The summed E-state index contributed by atoms with van der Waals surface area (Å²) in [7, 11) is 1.61. The van der Waals surface area contributed by atoms with Crippen LogP contribution in [0, 0.1) is 0 Å². The summed E-state index contributed by atoms with van der Waals surface area (Å²) in [6, 6.07) is 22.0. The quantitative estimate of drug-likeness (QED) is 0.245. The van der Waals surface area contributed by atoms with Crippen LogP contribution in [0.5, 0.6) is 5.75 Å². The molecule has 3 aromatic carbocycles. The topological polar surface area (TPSA) is 120 Å². The normalized spacial score (nSPS) is 14.2. The zero-order valence-corrected chi connectivity index (χ0v) is 25.9. The highest BCUT2D eigenvalue weighted by molar-refractivity contribution is 6.35. The second-order valence-electron chi connectivity index (χ2n) is 10.5. The number of nitrogens with one attached hydrogen (secondary N) is 1. The summed E-state index contributed by atoms with van der Waals surface area (Å²) < 4.78 is 8.35. The van der Waals surface area contributed by atoms with E-state index in [0.29, 0.717) is 32.7 Å². The van der Waals surface area contributed by atoms with Crippen LogP contribution in [0.2, 0.25) is 10.0 Å². The Morgan fingerprint density at radius 2 is 1.82 bits per heavy atom. The van der Waals surface area contributed by atoms with Gasteiger partial charge in [0.15, 0.2) is 5.69 Å². The van der Waals surface area contributed by atoms with E-state index in [1.165, 1.54) is 11.0 Å². The molecule has 1 N–H and O–H groups in total. The van der Waals surface area contributed by atoms with Gasteiger partial charge < -0.3 is 15.0 Å². The second-order valence-corrected chi connectivity index (χ2v) is 11.3. The molecule has 0 aliphatic carbocycles. The summed E-state index contributed by atoms with van der Waals surface area (Å²) in [5.41, 5.74) is 4.53. The molecule has 6 rings (SSSR count). The van der Waals surface area contributed by atoms with E-state index in [-0.39, 0.29) is 43.2 Å². The molecule has 45 heavy (non-hydrogen) atoms. The Kier molecular flexibility index (Phi) is 8.63. The van der Waals surface area contributed by atoms with Crippen molar-refractivity contribution >= 4 is 46.7 Å². The van der Waals surface area contributed by atoms with E-state index in [4.69, 9.17) is 33.0 Å². The average molecular weight is 644 g/mol. The highest BCUT2D eigenvalue weighted by Gasteiger charge is 2.34. The lowest BCUT2D eigenvalue weighted by molar-refractivity contribution is -0.132. The van der Waals surface area contributed by atoms with Gasteiger partial charge in [0.2, 0.25) is 5.91 Å². The van der Waals surface area contributed by atoms with Crippen LogP contribution < -0.4 is 10.1 Å². The molecule has 13 heteroatoms. The smallest absolute Gasteiger partial charge is 0.272 e. The molecule has 0 spiro atoms. The van der Waals surface area contributed by atoms with Crippen molar-refractivity contribution in [2.24, 2.45) is 0 Å². The molecule has 228 valence electrons.